The van der Waals surface area contributed by atoms with E-state index in [9.17, 15) is 9.90 Å². The van der Waals surface area contributed by atoms with Crippen molar-refractivity contribution >= 4 is 30.9 Å². The van der Waals surface area contributed by atoms with Crippen molar-refractivity contribution < 1.29 is 19.4 Å². The van der Waals surface area contributed by atoms with Gasteiger partial charge < -0.3 is 19.1 Å². The summed E-state index contributed by atoms with van der Waals surface area (Å²) < 4.78 is 14.3. The Morgan fingerprint density at radius 3 is 2.58 bits per heavy atom. The number of nitrogens with zero attached hydrogens (tertiary/aromatic N) is 5. The number of anilines is 1. The van der Waals surface area contributed by atoms with Crippen molar-refractivity contribution in [1.82, 2.24) is 19.5 Å². The van der Waals surface area contributed by atoms with Gasteiger partial charge in [0.25, 0.3) is 0 Å². The fraction of sp³-hybridized carbons (Fsp3) is 0.357. The maximum Gasteiger partial charge on any atom is 0.412 e. The lowest BCUT2D eigenvalue weighted by atomic mass is 10.1. The molecular weight excluding hydrogens is 498 g/mol. The molecule has 10 heteroatoms. The molecule has 0 fully saturated rings. The highest BCUT2D eigenvalue weighted by Crippen LogP contribution is 2.37. The van der Waals surface area contributed by atoms with Gasteiger partial charge in [0.1, 0.15) is 24.5 Å². The highest BCUT2D eigenvalue weighted by Gasteiger charge is 2.28. The van der Waals surface area contributed by atoms with Crippen molar-refractivity contribution in [3.63, 3.8) is 0 Å². The Morgan fingerprint density at radius 1 is 1.13 bits per heavy atom. The highest BCUT2D eigenvalue weighted by molar-refractivity contribution is 6.76. The molecule has 9 nitrogen and oxygen atoms in total. The average molecular weight is 534 g/mol. The van der Waals surface area contributed by atoms with Gasteiger partial charge in [-0.15, -0.1) is 0 Å². The van der Waals surface area contributed by atoms with Gasteiger partial charge in [-0.1, -0.05) is 31.8 Å². The first-order valence-corrected chi connectivity index (χ1v) is 16.3. The number of aromatic nitrogens is 4. The average Bonchev–Trinajstić information content (AvgIpc) is 3.21. The maximum atomic E-state index is 12.0. The van der Waals surface area contributed by atoms with E-state index in [0.29, 0.717) is 36.3 Å². The monoisotopic (exact) mass is 533 g/mol. The van der Waals surface area contributed by atoms with Crippen LogP contribution >= 0.6 is 0 Å². The molecule has 0 aliphatic carbocycles. The van der Waals surface area contributed by atoms with Crippen molar-refractivity contribution in [2.45, 2.75) is 58.7 Å². The zero-order valence-corrected chi connectivity index (χ0v) is 23.8. The molecular formula is C28H35N5O4Si. The number of hydrogen-bond acceptors (Lipinski definition) is 6. The number of rotatable bonds is 9. The zero-order valence-electron chi connectivity index (χ0n) is 22.8. The highest BCUT2D eigenvalue weighted by atomic mass is 28.3. The molecule has 0 unspecified atom stereocenters. The fourth-order valence-corrected chi connectivity index (χ4v) is 4.89. The molecule has 0 atom stereocenters. The van der Waals surface area contributed by atoms with Crippen LogP contribution in [0, 0.1) is 0 Å². The second kappa shape index (κ2) is 10.9. The molecule has 0 aliphatic rings. The van der Waals surface area contributed by atoms with E-state index in [1.165, 1.54) is 11.2 Å². The van der Waals surface area contributed by atoms with Crippen molar-refractivity contribution in [3.05, 3.63) is 61.3 Å². The topological polar surface area (TPSA) is 103 Å². The molecule has 1 amide bonds. The third kappa shape index (κ3) is 6.38. The van der Waals surface area contributed by atoms with Gasteiger partial charge in [-0.25, -0.2) is 14.8 Å². The molecule has 3 aromatic heterocycles. The normalized spacial score (nSPS) is 12.1. The number of pyridine rings is 1. The molecule has 38 heavy (non-hydrogen) atoms. The number of fused-ring (bicyclic) bond motifs is 1. The van der Waals surface area contributed by atoms with Crippen LogP contribution in [0.5, 0.6) is 11.6 Å². The SMILES string of the molecule is CC(C)(C)N(C(=O)O)c1cccc(Oc2ncnc3c2c(-c2cccnc2)cn3COCC[Si](C)(C)C)c1. The van der Waals surface area contributed by atoms with Crippen molar-refractivity contribution in [1.29, 1.82) is 0 Å². The number of benzene rings is 1. The fourth-order valence-electron chi connectivity index (χ4n) is 4.14. The molecule has 1 aromatic carbocycles. The molecule has 0 aliphatic heterocycles. The Bertz CT molecular complexity index is 1410. The summed E-state index contributed by atoms with van der Waals surface area (Å²) in [6.07, 6.45) is 5.93. The molecule has 200 valence electrons. The minimum absolute atomic E-state index is 0.354. The number of amides is 1. The summed E-state index contributed by atoms with van der Waals surface area (Å²) in [5.74, 6) is 0.832. The maximum absolute atomic E-state index is 12.0. The van der Waals surface area contributed by atoms with Crippen LogP contribution in [0.1, 0.15) is 20.8 Å². The van der Waals surface area contributed by atoms with E-state index >= 15 is 0 Å². The van der Waals surface area contributed by atoms with Gasteiger partial charge in [0.2, 0.25) is 5.88 Å². The lowest BCUT2D eigenvalue weighted by Gasteiger charge is -2.33. The van der Waals surface area contributed by atoms with Crippen LogP contribution in [-0.2, 0) is 11.5 Å². The van der Waals surface area contributed by atoms with Gasteiger partial charge >= 0.3 is 6.09 Å². The van der Waals surface area contributed by atoms with Crippen LogP contribution in [-0.4, -0.2) is 50.9 Å². The molecule has 0 saturated heterocycles. The summed E-state index contributed by atoms with van der Waals surface area (Å²) in [4.78, 5) is 26.6. The Hall–Kier alpha value is -3.76. The third-order valence-electron chi connectivity index (χ3n) is 5.97. The van der Waals surface area contributed by atoms with Crippen LogP contribution < -0.4 is 9.64 Å². The predicted molar refractivity (Wildman–Crippen MR) is 152 cm³/mol. The molecule has 3 heterocycles. The van der Waals surface area contributed by atoms with E-state index in [1.54, 1.807) is 36.7 Å². The largest absolute Gasteiger partial charge is 0.465 e. The molecule has 0 spiro atoms. The first kappa shape index (κ1) is 27.3. The minimum atomic E-state index is -1.21. The van der Waals surface area contributed by atoms with E-state index < -0.39 is 19.7 Å². The van der Waals surface area contributed by atoms with Crippen LogP contribution in [0.25, 0.3) is 22.2 Å². The van der Waals surface area contributed by atoms with Gasteiger partial charge in [0.15, 0.2) is 0 Å². The molecule has 0 radical (unpaired) electrons. The number of carbonyl (C=O) groups is 1. The van der Waals surface area contributed by atoms with Crippen molar-refractivity contribution in [3.8, 4) is 22.8 Å². The standard InChI is InChI=1S/C28H35N5O4Si/c1-28(2,3)33(27(34)35)21-10-7-11-22(15-21)37-26-24-23(20-9-8-12-29-16-20)17-32(25(24)30-18-31-26)19-36-13-14-38(4,5)6/h7-12,15-18H,13-14,19H2,1-6H3,(H,34,35). The Kier molecular flexibility index (Phi) is 7.84. The summed E-state index contributed by atoms with van der Waals surface area (Å²) in [7, 11) is -1.21. The number of hydrogen-bond donors (Lipinski definition) is 1. The van der Waals surface area contributed by atoms with Crippen LogP contribution in [0.4, 0.5) is 10.5 Å². The second-order valence-corrected chi connectivity index (χ2v) is 17.0. The molecule has 4 rings (SSSR count). The van der Waals surface area contributed by atoms with Crippen LogP contribution in [0.2, 0.25) is 25.7 Å². The van der Waals surface area contributed by atoms with E-state index in [2.05, 4.69) is 34.6 Å². The predicted octanol–water partition coefficient (Wildman–Crippen LogP) is 6.88. The van der Waals surface area contributed by atoms with Gasteiger partial charge in [-0.2, -0.15) is 0 Å². The molecule has 0 saturated carbocycles. The Balaban J connectivity index is 1.73. The van der Waals surface area contributed by atoms with Crippen LogP contribution in [0.3, 0.4) is 0 Å². The lowest BCUT2D eigenvalue weighted by molar-refractivity contribution is 0.0899. The van der Waals surface area contributed by atoms with E-state index in [0.717, 1.165) is 22.6 Å². The minimum Gasteiger partial charge on any atom is -0.465 e. The van der Waals surface area contributed by atoms with Gasteiger partial charge in [-0.3, -0.25) is 9.88 Å². The van der Waals surface area contributed by atoms with E-state index in [1.807, 2.05) is 43.7 Å². The van der Waals surface area contributed by atoms with Gasteiger partial charge in [0, 0.05) is 56.0 Å². The summed E-state index contributed by atoms with van der Waals surface area (Å²) in [5.41, 5.74) is 2.33. The van der Waals surface area contributed by atoms with Gasteiger partial charge in [0.05, 0.1) is 11.1 Å². The summed E-state index contributed by atoms with van der Waals surface area (Å²) in [6.45, 7) is 13.5. The number of ether oxygens (including phenoxy) is 2. The molecule has 4 aromatic rings. The Morgan fingerprint density at radius 2 is 1.92 bits per heavy atom. The van der Waals surface area contributed by atoms with E-state index in [-0.39, 0.29) is 0 Å². The lowest BCUT2D eigenvalue weighted by Crippen LogP contribution is -2.45. The summed E-state index contributed by atoms with van der Waals surface area (Å²) in [6, 6.07) is 11.9. The smallest absolute Gasteiger partial charge is 0.412 e. The summed E-state index contributed by atoms with van der Waals surface area (Å²) in [5, 5.41) is 10.6. The summed E-state index contributed by atoms with van der Waals surface area (Å²) >= 11 is 0. The first-order valence-electron chi connectivity index (χ1n) is 12.6. The van der Waals surface area contributed by atoms with Gasteiger partial charge in [-0.05, 0) is 45.0 Å². The Labute approximate surface area is 224 Å². The zero-order chi connectivity index (χ0) is 27.5. The molecule has 1 N–H and O–H groups in total. The van der Waals surface area contributed by atoms with Crippen LogP contribution in [0.15, 0.2) is 61.3 Å². The second-order valence-electron chi connectivity index (χ2n) is 11.4. The van der Waals surface area contributed by atoms with Crippen molar-refractivity contribution in [2.24, 2.45) is 0 Å². The third-order valence-corrected chi connectivity index (χ3v) is 7.67. The van der Waals surface area contributed by atoms with E-state index in [4.69, 9.17) is 9.47 Å². The quantitative estimate of drug-likeness (QED) is 0.185. The number of carboxylic acid groups (broad SMARTS) is 1. The first-order chi connectivity index (χ1) is 17.9. The molecule has 0 bridgehead atoms. The van der Waals surface area contributed by atoms with Crippen molar-refractivity contribution in [2.75, 3.05) is 11.5 Å².